The Hall–Kier alpha value is 0.390. The van der Waals surface area contributed by atoms with E-state index in [1.54, 1.807) is 0 Å². The molecule has 0 heterocycles. The van der Waals surface area contributed by atoms with Gasteiger partial charge in [-0.1, -0.05) is 97.3 Å². The Morgan fingerprint density at radius 2 is 1.15 bits per heavy atom. The molecule has 0 saturated heterocycles. The quantitative estimate of drug-likeness (QED) is 0.232. The molecular weight excluding hydrogens is 351 g/mol. The van der Waals surface area contributed by atoms with Crippen molar-refractivity contribution in [3.05, 3.63) is 0 Å². The number of unbranched alkanes of at least 4 members (excludes halogenated alkanes) is 11. The van der Waals surface area contributed by atoms with Crippen LogP contribution in [0.3, 0.4) is 0 Å². The van der Waals surface area contributed by atoms with Crippen LogP contribution in [0.25, 0.3) is 0 Å². The zero-order valence-corrected chi connectivity index (χ0v) is 20.3. The van der Waals surface area contributed by atoms with E-state index in [0.717, 1.165) is 38.5 Å². The minimum atomic E-state index is -0.942. The van der Waals surface area contributed by atoms with Crippen LogP contribution in [0.5, 0.6) is 0 Å². The molecule has 0 saturated carbocycles. The van der Waals surface area contributed by atoms with Gasteiger partial charge in [0, 0.05) is 6.42 Å². The number of carboxylic acids is 1. The van der Waals surface area contributed by atoms with Crippen LogP contribution in [-0.4, -0.2) is 33.5 Å². The minimum absolute atomic E-state index is 0. The zero-order chi connectivity index (χ0) is 19.6. The van der Waals surface area contributed by atoms with Crippen LogP contribution in [0.1, 0.15) is 118 Å². The molecule has 2 unspecified atom stereocenters. The van der Waals surface area contributed by atoms with Gasteiger partial charge in [0.1, 0.15) is 0 Å². The van der Waals surface area contributed by atoms with Gasteiger partial charge >= 0.3 is 35.5 Å². The summed E-state index contributed by atoms with van der Waals surface area (Å²) in [6, 6.07) is 0. The molecule has 3 atom stereocenters. The molecule has 158 valence electrons. The molecule has 0 aliphatic carbocycles. The van der Waals surface area contributed by atoms with E-state index >= 15 is 0 Å². The molecule has 5 heteroatoms. The molecule has 0 amide bonds. The van der Waals surface area contributed by atoms with E-state index in [-0.39, 0.29) is 37.4 Å². The van der Waals surface area contributed by atoms with Gasteiger partial charge in [-0.05, 0) is 12.8 Å². The van der Waals surface area contributed by atoms with E-state index in [0.29, 0.717) is 12.8 Å². The standard InChI is InChI=1S/C22H44O4.Na.H/c1-3-5-7-9-10-11-12-13-14-16-19(23)18-21(24)20(22(25)26)17-15-8-6-4-2;;/h19-21,23-24H,3-18H2,1-2H3,(H,25,26);;/q;+1;-1/t19-,20?,21?;;/m1../s1. The molecule has 0 aliphatic heterocycles. The zero-order valence-electron chi connectivity index (χ0n) is 19.3. The number of rotatable bonds is 19. The Morgan fingerprint density at radius 3 is 1.63 bits per heavy atom. The number of aliphatic carboxylic acids is 1. The van der Waals surface area contributed by atoms with E-state index in [2.05, 4.69) is 13.8 Å². The summed E-state index contributed by atoms with van der Waals surface area (Å²) in [5, 5.41) is 29.6. The van der Waals surface area contributed by atoms with Gasteiger partial charge in [0.05, 0.1) is 18.1 Å². The topological polar surface area (TPSA) is 77.8 Å². The Labute approximate surface area is 191 Å². The molecule has 0 rings (SSSR count). The smallest absolute Gasteiger partial charge is 1.00 e. The van der Waals surface area contributed by atoms with Gasteiger partial charge in [0.25, 0.3) is 0 Å². The van der Waals surface area contributed by atoms with Crippen LogP contribution >= 0.6 is 0 Å². The monoisotopic (exact) mass is 396 g/mol. The summed E-state index contributed by atoms with van der Waals surface area (Å²) in [5.74, 6) is -1.69. The fourth-order valence-electron chi connectivity index (χ4n) is 3.52. The fourth-order valence-corrected chi connectivity index (χ4v) is 3.52. The van der Waals surface area contributed by atoms with Crippen LogP contribution in [-0.2, 0) is 4.79 Å². The maximum absolute atomic E-state index is 11.4. The first-order valence-electron chi connectivity index (χ1n) is 11.1. The van der Waals surface area contributed by atoms with Crippen molar-refractivity contribution in [1.29, 1.82) is 0 Å². The molecular formula is C22H45NaO4. The van der Waals surface area contributed by atoms with Crippen molar-refractivity contribution in [2.24, 2.45) is 5.92 Å². The molecule has 3 N–H and O–H groups in total. The second-order valence-electron chi connectivity index (χ2n) is 7.87. The van der Waals surface area contributed by atoms with Crippen molar-refractivity contribution in [1.82, 2.24) is 0 Å². The SMILES string of the molecule is CCCCCCCCCCC[C@@H](O)CC(O)C(CCCCCC)C(=O)O.[H-].[Na+]. The van der Waals surface area contributed by atoms with E-state index < -0.39 is 24.1 Å². The molecule has 0 aromatic rings. The number of hydrogen-bond acceptors (Lipinski definition) is 3. The average Bonchev–Trinajstić information content (AvgIpc) is 2.59. The largest absolute Gasteiger partial charge is 1.00 e. The molecule has 0 radical (unpaired) electrons. The molecule has 4 nitrogen and oxygen atoms in total. The predicted octanol–water partition coefficient (Wildman–Crippen LogP) is 2.81. The van der Waals surface area contributed by atoms with Crippen molar-refractivity contribution in [2.75, 3.05) is 0 Å². The minimum Gasteiger partial charge on any atom is -1.00 e. The number of carboxylic acid groups (broad SMARTS) is 1. The van der Waals surface area contributed by atoms with Crippen molar-refractivity contribution in [3.63, 3.8) is 0 Å². The van der Waals surface area contributed by atoms with Crippen LogP contribution in [0, 0.1) is 5.92 Å². The maximum atomic E-state index is 11.4. The van der Waals surface area contributed by atoms with Gasteiger partial charge in [-0.2, -0.15) is 0 Å². The summed E-state index contributed by atoms with van der Waals surface area (Å²) >= 11 is 0. The third-order valence-corrected chi connectivity index (χ3v) is 5.30. The number of aliphatic hydroxyl groups is 2. The molecule has 0 bridgehead atoms. The molecule has 0 aromatic heterocycles. The summed E-state index contributed by atoms with van der Waals surface area (Å²) in [4.78, 5) is 11.4. The Balaban J connectivity index is -0.00000312. The van der Waals surface area contributed by atoms with E-state index in [1.807, 2.05) is 0 Å². The Morgan fingerprint density at radius 1 is 0.741 bits per heavy atom. The number of carbonyl (C=O) groups is 1. The predicted molar refractivity (Wildman–Crippen MR) is 109 cm³/mol. The molecule has 0 spiro atoms. The molecule has 0 fully saturated rings. The van der Waals surface area contributed by atoms with Gasteiger partial charge in [-0.25, -0.2) is 0 Å². The first-order valence-corrected chi connectivity index (χ1v) is 11.1. The van der Waals surface area contributed by atoms with Crippen LogP contribution in [0.2, 0.25) is 0 Å². The molecule has 0 aliphatic rings. The maximum Gasteiger partial charge on any atom is 1.00 e. The fraction of sp³-hybridized carbons (Fsp3) is 0.955. The van der Waals surface area contributed by atoms with Crippen LogP contribution in [0.4, 0.5) is 0 Å². The normalized spacial score (nSPS) is 14.4. The first-order chi connectivity index (χ1) is 12.5. The summed E-state index contributed by atoms with van der Waals surface area (Å²) in [6.07, 6.45) is 15.0. The van der Waals surface area contributed by atoms with E-state index in [9.17, 15) is 20.1 Å². The second-order valence-corrected chi connectivity index (χ2v) is 7.87. The van der Waals surface area contributed by atoms with Crippen molar-refractivity contribution < 1.29 is 51.1 Å². The number of hydrogen-bond donors (Lipinski definition) is 3. The van der Waals surface area contributed by atoms with Crippen molar-refractivity contribution >= 4 is 5.97 Å². The van der Waals surface area contributed by atoms with Crippen LogP contribution in [0.15, 0.2) is 0 Å². The number of aliphatic hydroxyl groups excluding tert-OH is 2. The first kappa shape index (κ1) is 29.6. The van der Waals surface area contributed by atoms with Gasteiger partial charge in [0.2, 0.25) is 0 Å². The summed E-state index contributed by atoms with van der Waals surface area (Å²) in [7, 11) is 0. The van der Waals surface area contributed by atoms with Crippen molar-refractivity contribution in [3.8, 4) is 0 Å². The molecule has 0 aromatic carbocycles. The second kappa shape index (κ2) is 21.1. The third-order valence-electron chi connectivity index (χ3n) is 5.30. The van der Waals surface area contributed by atoms with E-state index in [4.69, 9.17) is 0 Å². The van der Waals surface area contributed by atoms with Gasteiger partial charge in [0.15, 0.2) is 0 Å². The van der Waals surface area contributed by atoms with Crippen LogP contribution < -0.4 is 29.6 Å². The Bertz CT molecular complexity index is 332. The average molecular weight is 397 g/mol. The summed E-state index contributed by atoms with van der Waals surface area (Å²) in [6.45, 7) is 4.35. The van der Waals surface area contributed by atoms with Gasteiger partial charge in [-0.15, -0.1) is 0 Å². The Kier molecular flexibility index (Phi) is 23.1. The summed E-state index contributed by atoms with van der Waals surface area (Å²) in [5.41, 5.74) is 0. The van der Waals surface area contributed by atoms with Gasteiger partial charge in [-0.3, -0.25) is 4.79 Å². The summed E-state index contributed by atoms with van der Waals surface area (Å²) < 4.78 is 0. The molecule has 27 heavy (non-hydrogen) atoms. The van der Waals surface area contributed by atoms with Crippen molar-refractivity contribution in [2.45, 2.75) is 129 Å². The van der Waals surface area contributed by atoms with E-state index in [1.165, 1.54) is 44.9 Å². The third kappa shape index (κ3) is 18.2. The van der Waals surface area contributed by atoms with Gasteiger partial charge < -0.3 is 16.7 Å².